The van der Waals surface area contributed by atoms with Gasteiger partial charge in [0, 0.05) is 30.0 Å². The van der Waals surface area contributed by atoms with Crippen LogP contribution in [0.3, 0.4) is 0 Å². The Bertz CT molecular complexity index is 1070. The number of alkyl halides is 3. The van der Waals surface area contributed by atoms with Crippen LogP contribution in [0.15, 0.2) is 65.4 Å². The smallest absolute Gasteiger partial charge is 0.417 e. The van der Waals surface area contributed by atoms with E-state index < -0.39 is 23.8 Å². The van der Waals surface area contributed by atoms with Gasteiger partial charge in [-0.05, 0) is 42.8 Å². The number of pyridine rings is 1. The van der Waals surface area contributed by atoms with Gasteiger partial charge in [0.05, 0.1) is 11.6 Å². The molecule has 0 fully saturated rings. The molecule has 0 aliphatic heterocycles. The van der Waals surface area contributed by atoms with Crippen molar-refractivity contribution in [1.29, 1.82) is 0 Å². The number of anilines is 1. The Morgan fingerprint density at radius 2 is 1.88 bits per heavy atom. The van der Waals surface area contributed by atoms with E-state index in [1.54, 1.807) is 30.3 Å². The fraction of sp³-hybridized carbons (Fsp3) is 0.190. The second kappa shape index (κ2) is 9.73. The molecule has 3 amide bonds. The first kappa shape index (κ1) is 23.1. The van der Waals surface area contributed by atoms with Crippen molar-refractivity contribution in [3.63, 3.8) is 0 Å². The zero-order valence-corrected chi connectivity index (χ0v) is 17.4. The minimum atomic E-state index is -4.60. The standard InChI is InChI=1S/C21H18ClF3N4O3/c1-26-19(30)18-11-15(8-9-27-18)32-14-5-2-12(3-6-14)28-20(31)29-13-4-7-17(22)16(10-13)21(23,24)25/h2-3,5-11,13H,4H2,1H3,(H,26,30)(H2,28,29,31). The van der Waals surface area contributed by atoms with Gasteiger partial charge in [0.25, 0.3) is 5.91 Å². The monoisotopic (exact) mass is 466 g/mol. The molecule has 0 saturated heterocycles. The van der Waals surface area contributed by atoms with Crippen LogP contribution in [0.25, 0.3) is 0 Å². The Hall–Kier alpha value is -3.53. The number of benzene rings is 1. The predicted octanol–water partition coefficient (Wildman–Crippen LogP) is 4.74. The van der Waals surface area contributed by atoms with Gasteiger partial charge in [-0.25, -0.2) is 4.79 Å². The van der Waals surface area contributed by atoms with E-state index >= 15 is 0 Å². The summed E-state index contributed by atoms with van der Waals surface area (Å²) < 4.78 is 44.6. The van der Waals surface area contributed by atoms with E-state index in [4.69, 9.17) is 16.3 Å². The van der Waals surface area contributed by atoms with Gasteiger partial charge in [0.1, 0.15) is 17.2 Å². The zero-order chi connectivity index (χ0) is 23.3. The van der Waals surface area contributed by atoms with Crippen LogP contribution in [0.5, 0.6) is 11.5 Å². The summed E-state index contributed by atoms with van der Waals surface area (Å²) in [5.41, 5.74) is -0.380. The quantitative estimate of drug-likeness (QED) is 0.593. The number of allylic oxidation sites excluding steroid dienone is 2. The highest BCUT2D eigenvalue weighted by molar-refractivity contribution is 6.32. The summed E-state index contributed by atoms with van der Waals surface area (Å²) in [6.45, 7) is 0. The number of hydrogen-bond donors (Lipinski definition) is 3. The van der Waals surface area contributed by atoms with Crippen LogP contribution in [0, 0.1) is 0 Å². The summed E-state index contributed by atoms with van der Waals surface area (Å²) in [6, 6.07) is 7.83. The van der Waals surface area contributed by atoms with Crippen LogP contribution in [-0.4, -0.2) is 36.2 Å². The van der Waals surface area contributed by atoms with Gasteiger partial charge in [-0.15, -0.1) is 0 Å². The van der Waals surface area contributed by atoms with E-state index in [9.17, 15) is 22.8 Å². The van der Waals surface area contributed by atoms with Crippen molar-refractivity contribution < 1.29 is 27.5 Å². The molecule has 1 aromatic heterocycles. The van der Waals surface area contributed by atoms with Crippen molar-refractivity contribution >= 4 is 29.2 Å². The minimum absolute atomic E-state index is 0.141. The number of hydrogen-bond acceptors (Lipinski definition) is 4. The Kier molecular flexibility index (Phi) is 7.04. The number of urea groups is 1. The van der Waals surface area contributed by atoms with Crippen molar-refractivity contribution in [2.45, 2.75) is 18.6 Å². The molecule has 1 aliphatic carbocycles. The third kappa shape index (κ3) is 6.01. The Labute approximate surface area is 186 Å². The van der Waals surface area contributed by atoms with E-state index in [1.807, 2.05) is 0 Å². The Morgan fingerprint density at radius 3 is 2.53 bits per heavy atom. The summed E-state index contributed by atoms with van der Waals surface area (Å²) in [6.07, 6.45) is -0.915. The number of carbonyl (C=O) groups excluding carboxylic acids is 2. The molecule has 7 nitrogen and oxygen atoms in total. The van der Waals surface area contributed by atoms with Crippen LogP contribution in [-0.2, 0) is 0 Å². The van der Waals surface area contributed by atoms with E-state index in [2.05, 4.69) is 20.9 Å². The number of amides is 3. The Balaban J connectivity index is 1.58. The first-order valence-corrected chi connectivity index (χ1v) is 9.72. The van der Waals surface area contributed by atoms with E-state index in [0.29, 0.717) is 17.2 Å². The zero-order valence-electron chi connectivity index (χ0n) is 16.7. The summed E-state index contributed by atoms with van der Waals surface area (Å²) in [5, 5.41) is 7.09. The van der Waals surface area contributed by atoms with Gasteiger partial charge in [-0.1, -0.05) is 17.7 Å². The highest BCUT2D eigenvalue weighted by Gasteiger charge is 2.37. The van der Waals surface area contributed by atoms with Crippen LogP contribution >= 0.6 is 11.6 Å². The fourth-order valence-corrected chi connectivity index (χ4v) is 3.08. The number of rotatable bonds is 5. The second-order valence-corrected chi connectivity index (χ2v) is 7.06. The third-order valence-corrected chi connectivity index (χ3v) is 4.69. The maximum Gasteiger partial charge on any atom is 0.417 e. The molecule has 1 heterocycles. The number of nitrogens with one attached hydrogen (secondary N) is 3. The average Bonchev–Trinajstić information content (AvgIpc) is 2.75. The first-order valence-electron chi connectivity index (χ1n) is 9.34. The summed E-state index contributed by atoms with van der Waals surface area (Å²) in [7, 11) is 1.49. The van der Waals surface area contributed by atoms with Crippen LogP contribution < -0.4 is 20.7 Å². The van der Waals surface area contributed by atoms with Gasteiger partial charge in [-0.3, -0.25) is 9.78 Å². The number of carbonyl (C=O) groups is 2. The normalized spacial score (nSPS) is 15.8. The molecule has 32 heavy (non-hydrogen) atoms. The number of halogens is 4. The van der Waals surface area contributed by atoms with E-state index in [1.165, 1.54) is 25.4 Å². The summed E-state index contributed by atoms with van der Waals surface area (Å²) in [4.78, 5) is 27.8. The molecular weight excluding hydrogens is 449 g/mol. The molecule has 1 aliphatic rings. The van der Waals surface area contributed by atoms with Gasteiger partial charge in [-0.2, -0.15) is 13.2 Å². The minimum Gasteiger partial charge on any atom is -0.457 e. The highest BCUT2D eigenvalue weighted by Crippen LogP contribution is 2.36. The van der Waals surface area contributed by atoms with Gasteiger partial charge in [0.2, 0.25) is 0 Å². The maximum absolute atomic E-state index is 13.0. The molecule has 1 unspecified atom stereocenters. The molecule has 11 heteroatoms. The predicted molar refractivity (Wildman–Crippen MR) is 113 cm³/mol. The summed E-state index contributed by atoms with van der Waals surface area (Å²) >= 11 is 5.61. The van der Waals surface area contributed by atoms with Crippen molar-refractivity contribution in [3.8, 4) is 11.5 Å². The lowest BCUT2D eigenvalue weighted by Gasteiger charge is -2.22. The molecular formula is C21H18ClF3N4O3. The third-order valence-electron chi connectivity index (χ3n) is 4.34. The lowest BCUT2D eigenvalue weighted by atomic mass is 10.0. The average molecular weight is 467 g/mol. The SMILES string of the molecule is CNC(=O)c1cc(Oc2ccc(NC(=O)NC3C=C(C(F)(F)F)C(Cl)=CC3)cc2)ccn1. The van der Waals surface area contributed by atoms with E-state index in [-0.39, 0.29) is 23.1 Å². The molecule has 0 bridgehead atoms. The maximum atomic E-state index is 13.0. The molecule has 0 spiro atoms. The molecule has 1 atom stereocenters. The molecule has 3 rings (SSSR count). The lowest BCUT2D eigenvalue weighted by molar-refractivity contribution is -0.0892. The van der Waals surface area contributed by atoms with Gasteiger partial charge >= 0.3 is 12.2 Å². The van der Waals surface area contributed by atoms with Crippen LogP contribution in [0.4, 0.5) is 23.7 Å². The number of aromatic nitrogens is 1. The molecule has 2 aromatic rings. The van der Waals surface area contributed by atoms with Crippen molar-refractivity contribution in [1.82, 2.24) is 15.6 Å². The van der Waals surface area contributed by atoms with Crippen molar-refractivity contribution in [2.24, 2.45) is 0 Å². The molecule has 3 N–H and O–H groups in total. The topological polar surface area (TPSA) is 92.4 Å². The van der Waals surface area contributed by atoms with Crippen LogP contribution in [0.2, 0.25) is 0 Å². The Morgan fingerprint density at radius 1 is 1.16 bits per heavy atom. The van der Waals surface area contributed by atoms with E-state index in [0.717, 1.165) is 6.08 Å². The molecule has 168 valence electrons. The number of ether oxygens (including phenoxy) is 1. The molecule has 1 aromatic carbocycles. The lowest BCUT2D eigenvalue weighted by Crippen LogP contribution is -2.38. The first-order chi connectivity index (χ1) is 15.2. The highest BCUT2D eigenvalue weighted by atomic mass is 35.5. The van der Waals surface area contributed by atoms with Crippen molar-refractivity contribution in [2.75, 3.05) is 12.4 Å². The van der Waals surface area contributed by atoms with Gasteiger partial charge < -0.3 is 20.7 Å². The van der Waals surface area contributed by atoms with Gasteiger partial charge in [0.15, 0.2) is 0 Å². The molecule has 0 saturated carbocycles. The molecule has 0 radical (unpaired) electrons. The van der Waals surface area contributed by atoms with Crippen LogP contribution in [0.1, 0.15) is 16.9 Å². The largest absolute Gasteiger partial charge is 0.457 e. The fourth-order valence-electron chi connectivity index (χ4n) is 2.82. The number of nitrogens with zero attached hydrogens (tertiary/aromatic N) is 1. The van der Waals surface area contributed by atoms with Crippen molar-refractivity contribution in [3.05, 3.63) is 71.0 Å². The second-order valence-electron chi connectivity index (χ2n) is 6.65. The summed E-state index contributed by atoms with van der Waals surface area (Å²) in [5.74, 6) is 0.483.